The Bertz CT molecular complexity index is 507. The Kier molecular flexibility index (Phi) is 5.78. The van der Waals surface area contributed by atoms with Gasteiger partial charge in [-0.1, -0.05) is 17.9 Å². The largest absolute Gasteiger partial charge is 0.495 e. The van der Waals surface area contributed by atoms with Crippen LogP contribution in [0.3, 0.4) is 0 Å². The molecule has 108 valence electrons. The first-order valence-corrected chi connectivity index (χ1v) is 8.07. The van der Waals surface area contributed by atoms with Crippen LogP contribution in [0, 0.1) is 11.8 Å². The number of rotatable bonds is 3. The standard InChI is InChI=1S/C16H22N2OS/c1-13-12-20-9-8-18(13)11-14-5-6-16(19-2)15(10-14)4-3-7-17/h5-6,10,13H,7-9,11-12,17H2,1-2H3. The predicted molar refractivity (Wildman–Crippen MR) is 86.1 cm³/mol. The SMILES string of the molecule is COc1ccc(CN2CCSCC2C)cc1C#CCN. The fourth-order valence-corrected chi connectivity index (χ4v) is 3.41. The van der Waals surface area contributed by atoms with Crippen molar-refractivity contribution in [3.8, 4) is 17.6 Å². The molecule has 2 rings (SSSR count). The van der Waals surface area contributed by atoms with E-state index in [1.807, 2.05) is 17.8 Å². The molecule has 1 aromatic carbocycles. The zero-order chi connectivity index (χ0) is 14.4. The summed E-state index contributed by atoms with van der Waals surface area (Å²) in [5.74, 6) is 9.25. The van der Waals surface area contributed by atoms with Crippen molar-refractivity contribution in [1.82, 2.24) is 4.90 Å². The number of nitrogens with two attached hydrogens (primary N) is 1. The molecule has 1 saturated heterocycles. The van der Waals surface area contributed by atoms with Gasteiger partial charge in [0, 0.05) is 30.6 Å². The highest BCUT2D eigenvalue weighted by atomic mass is 32.2. The Morgan fingerprint density at radius 2 is 2.35 bits per heavy atom. The van der Waals surface area contributed by atoms with E-state index in [1.54, 1.807) is 7.11 Å². The molecule has 1 heterocycles. The van der Waals surface area contributed by atoms with Gasteiger partial charge in [0.15, 0.2) is 0 Å². The molecule has 0 radical (unpaired) electrons. The number of benzene rings is 1. The van der Waals surface area contributed by atoms with E-state index in [9.17, 15) is 0 Å². The average Bonchev–Trinajstić information content (AvgIpc) is 2.47. The van der Waals surface area contributed by atoms with Crippen molar-refractivity contribution in [2.75, 3.05) is 31.7 Å². The van der Waals surface area contributed by atoms with Gasteiger partial charge in [0.1, 0.15) is 5.75 Å². The van der Waals surface area contributed by atoms with Gasteiger partial charge in [0.25, 0.3) is 0 Å². The zero-order valence-corrected chi connectivity index (χ0v) is 13.0. The second-order valence-corrected chi connectivity index (χ2v) is 6.08. The van der Waals surface area contributed by atoms with E-state index in [-0.39, 0.29) is 0 Å². The molecular weight excluding hydrogens is 268 g/mol. The number of thioether (sulfide) groups is 1. The van der Waals surface area contributed by atoms with E-state index in [0.29, 0.717) is 12.6 Å². The van der Waals surface area contributed by atoms with E-state index in [2.05, 4.69) is 35.8 Å². The lowest BCUT2D eigenvalue weighted by Gasteiger charge is -2.33. The molecule has 4 heteroatoms. The summed E-state index contributed by atoms with van der Waals surface area (Å²) in [5.41, 5.74) is 7.66. The zero-order valence-electron chi connectivity index (χ0n) is 12.2. The first-order chi connectivity index (χ1) is 9.74. The molecule has 1 aliphatic rings. The monoisotopic (exact) mass is 290 g/mol. The number of hydrogen-bond acceptors (Lipinski definition) is 4. The Balaban J connectivity index is 2.15. The molecule has 2 N–H and O–H groups in total. The van der Waals surface area contributed by atoms with Gasteiger partial charge in [0.05, 0.1) is 19.2 Å². The molecule has 1 atom stereocenters. The van der Waals surface area contributed by atoms with Crippen molar-refractivity contribution in [3.63, 3.8) is 0 Å². The predicted octanol–water partition coefficient (Wildman–Crippen LogP) is 1.94. The number of hydrogen-bond donors (Lipinski definition) is 1. The first kappa shape index (κ1) is 15.2. The minimum Gasteiger partial charge on any atom is -0.495 e. The van der Waals surface area contributed by atoms with Gasteiger partial charge < -0.3 is 10.5 Å². The highest BCUT2D eigenvalue weighted by Gasteiger charge is 2.18. The molecule has 1 unspecified atom stereocenters. The lowest BCUT2D eigenvalue weighted by atomic mass is 10.1. The third-order valence-electron chi connectivity index (χ3n) is 3.48. The van der Waals surface area contributed by atoms with Crippen LogP contribution < -0.4 is 10.5 Å². The summed E-state index contributed by atoms with van der Waals surface area (Å²) in [7, 11) is 1.67. The molecule has 0 saturated carbocycles. The summed E-state index contributed by atoms with van der Waals surface area (Å²) in [5, 5.41) is 0. The summed E-state index contributed by atoms with van der Waals surface area (Å²) < 4.78 is 5.35. The number of methoxy groups -OCH3 is 1. The quantitative estimate of drug-likeness (QED) is 0.864. The van der Waals surface area contributed by atoms with Crippen LogP contribution in [-0.4, -0.2) is 42.6 Å². The molecular formula is C16H22N2OS. The van der Waals surface area contributed by atoms with Crippen molar-refractivity contribution in [3.05, 3.63) is 29.3 Å². The van der Waals surface area contributed by atoms with Crippen LogP contribution in [0.4, 0.5) is 0 Å². The Hall–Kier alpha value is -1.15. The summed E-state index contributed by atoms with van der Waals surface area (Å²) >= 11 is 2.04. The minimum atomic E-state index is 0.369. The van der Waals surface area contributed by atoms with Crippen molar-refractivity contribution >= 4 is 11.8 Å². The van der Waals surface area contributed by atoms with Crippen LogP contribution in [0.5, 0.6) is 5.75 Å². The van der Waals surface area contributed by atoms with Crippen molar-refractivity contribution in [1.29, 1.82) is 0 Å². The minimum absolute atomic E-state index is 0.369. The smallest absolute Gasteiger partial charge is 0.134 e. The third-order valence-corrected chi connectivity index (χ3v) is 4.67. The average molecular weight is 290 g/mol. The summed E-state index contributed by atoms with van der Waals surface area (Å²) in [6.45, 7) is 4.79. The highest BCUT2D eigenvalue weighted by molar-refractivity contribution is 7.99. The normalized spacial score (nSPS) is 19.2. The molecule has 1 aliphatic heterocycles. The van der Waals surface area contributed by atoms with E-state index in [4.69, 9.17) is 10.5 Å². The maximum absolute atomic E-state index is 5.45. The molecule has 0 amide bonds. The van der Waals surface area contributed by atoms with Gasteiger partial charge in [-0.15, -0.1) is 0 Å². The Morgan fingerprint density at radius 3 is 3.05 bits per heavy atom. The lowest BCUT2D eigenvalue weighted by molar-refractivity contribution is 0.224. The molecule has 0 bridgehead atoms. The Morgan fingerprint density at radius 1 is 1.50 bits per heavy atom. The summed E-state index contributed by atoms with van der Waals surface area (Å²) in [4.78, 5) is 2.53. The van der Waals surface area contributed by atoms with Gasteiger partial charge >= 0.3 is 0 Å². The second-order valence-electron chi connectivity index (χ2n) is 4.93. The van der Waals surface area contributed by atoms with Crippen LogP contribution >= 0.6 is 11.8 Å². The topological polar surface area (TPSA) is 38.5 Å². The third kappa shape index (κ3) is 3.92. The number of nitrogens with zero attached hydrogens (tertiary/aromatic N) is 1. The van der Waals surface area contributed by atoms with Gasteiger partial charge in [-0.2, -0.15) is 11.8 Å². The van der Waals surface area contributed by atoms with Crippen LogP contribution in [0.1, 0.15) is 18.1 Å². The second kappa shape index (κ2) is 7.58. The highest BCUT2D eigenvalue weighted by Crippen LogP contribution is 2.22. The van der Waals surface area contributed by atoms with E-state index < -0.39 is 0 Å². The summed E-state index contributed by atoms with van der Waals surface area (Å²) in [6.07, 6.45) is 0. The fraction of sp³-hybridized carbons (Fsp3) is 0.500. The molecule has 20 heavy (non-hydrogen) atoms. The molecule has 0 aliphatic carbocycles. The van der Waals surface area contributed by atoms with E-state index >= 15 is 0 Å². The van der Waals surface area contributed by atoms with Crippen LogP contribution in [0.25, 0.3) is 0 Å². The maximum Gasteiger partial charge on any atom is 0.134 e. The van der Waals surface area contributed by atoms with E-state index in [1.165, 1.54) is 17.1 Å². The number of ether oxygens (including phenoxy) is 1. The maximum atomic E-state index is 5.45. The molecule has 0 spiro atoms. The fourth-order valence-electron chi connectivity index (χ4n) is 2.33. The summed E-state index contributed by atoms with van der Waals surface area (Å²) in [6, 6.07) is 6.88. The van der Waals surface area contributed by atoms with Gasteiger partial charge in [0.2, 0.25) is 0 Å². The van der Waals surface area contributed by atoms with Crippen molar-refractivity contribution in [2.24, 2.45) is 5.73 Å². The molecule has 0 aromatic heterocycles. The van der Waals surface area contributed by atoms with Gasteiger partial charge in [-0.3, -0.25) is 4.90 Å². The van der Waals surface area contributed by atoms with Gasteiger partial charge in [-0.05, 0) is 24.6 Å². The molecule has 3 nitrogen and oxygen atoms in total. The first-order valence-electron chi connectivity index (χ1n) is 6.92. The van der Waals surface area contributed by atoms with Crippen LogP contribution in [0.15, 0.2) is 18.2 Å². The van der Waals surface area contributed by atoms with E-state index in [0.717, 1.165) is 24.4 Å². The van der Waals surface area contributed by atoms with Crippen molar-refractivity contribution in [2.45, 2.75) is 19.5 Å². The van der Waals surface area contributed by atoms with Crippen LogP contribution in [0.2, 0.25) is 0 Å². The molecule has 1 aromatic rings. The van der Waals surface area contributed by atoms with Crippen LogP contribution in [-0.2, 0) is 6.54 Å². The lowest BCUT2D eigenvalue weighted by Crippen LogP contribution is -2.39. The Labute approximate surface area is 125 Å². The van der Waals surface area contributed by atoms with Crippen molar-refractivity contribution < 1.29 is 4.74 Å². The molecule has 1 fully saturated rings. The van der Waals surface area contributed by atoms with Gasteiger partial charge in [-0.25, -0.2) is 0 Å².